The first-order chi connectivity index (χ1) is 13.7. The van der Waals surface area contributed by atoms with E-state index >= 15 is 0 Å². The predicted octanol–water partition coefficient (Wildman–Crippen LogP) is 3.43. The molecule has 7 nitrogen and oxygen atoms in total. The van der Waals surface area contributed by atoms with E-state index in [1.165, 1.54) is 17.4 Å². The second-order valence-corrected chi connectivity index (χ2v) is 7.66. The molecule has 7 heteroatoms. The van der Waals surface area contributed by atoms with Gasteiger partial charge in [0.1, 0.15) is 5.82 Å². The lowest BCUT2D eigenvalue weighted by molar-refractivity contribution is 0.670. The lowest BCUT2D eigenvalue weighted by Crippen LogP contribution is -2.20. The molecule has 0 saturated heterocycles. The summed E-state index contributed by atoms with van der Waals surface area (Å²) < 4.78 is 3.47. The van der Waals surface area contributed by atoms with Crippen LogP contribution >= 0.6 is 0 Å². The summed E-state index contributed by atoms with van der Waals surface area (Å²) in [5.74, 6) is 2.59. The van der Waals surface area contributed by atoms with Crippen molar-refractivity contribution < 1.29 is 0 Å². The number of rotatable bonds is 5. The van der Waals surface area contributed by atoms with Gasteiger partial charge in [0.25, 0.3) is 0 Å². The van der Waals surface area contributed by atoms with E-state index < -0.39 is 0 Å². The zero-order valence-electron chi connectivity index (χ0n) is 16.1. The number of nitrogens with zero attached hydrogens (tertiary/aromatic N) is 5. The van der Waals surface area contributed by atoms with E-state index in [0.29, 0.717) is 35.1 Å². The van der Waals surface area contributed by atoms with Gasteiger partial charge in [0, 0.05) is 18.9 Å². The van der Waals surface area contributed by atoms with Crippen molar-refractivity contribution in [2.24, 2.45) is 0 Å². The summed E-state index contributed by atoms with van der Waals surface area (Å²) in [6.07, 6.45) is 6.27. The second kappa shape index (κ2) is 6.89. The molecule has 0 spiro atoms. The van der Waals surface area contributed by atoms with Gasteiger partial charge in [-0.1, -0.05) is 50.1 Å². The van der Waals surface area contributed by atoms with E-state index in [9.17, 15) is 4.79 Å². The Labute approximate surface area is 162 Å². The quantitative estimate of drug-likeness (QED) is 0.579. The fourth-order valence-electron chi connectivity index (χ4n) is 4.26. The monoisotopic (exact) mass is 376 g/mol. The van der Waals surface area contributed by atoms with Crippen LogP contribution in [0.2, 0.25) is 0 Å². The average molecular weight is 376 g/mol. The van der Waals surface area contributed by atoms with Crippen LogP contribution in [0.5, 0.6) is 0 Å². The Morgan fingerprint density at radius 2 is 1.93 bits per heavy atom. The van der Waals surface area contributed by atoms with Gasteiger partial charge in [0.15, 0.2) is 17.0 Å². The average Bonchev–Trinajstić information content (AvgIpc) is 3.44. The highest BCUT2D eigenvalue weighted by atomic mass is 16.1. The van der Waals surface area contributed by atoms with Crippen molar-refractivity contribution in [1.82, 2.24) is 29.1 Å². The van der Waals surface area contributed by atoms with Crippen LogP contribution in [-0.4, -0.2) is 29.1 Å². The van der Waals surface area contributed by atoms with Crippen molar-refractivity contribution in [3.63, 3.8) is 0 Å². The summed E-state index contributed by atoms with van der Waals surface area (Å²) in [5.41, 5.74) is 2.21. The molecule has 0 bridgehead atoms. The number of H-pyrrole nitrogens is 1. The lowest BCUT2D eigenvalue weighted by atomic mass is 10.1. The van der Waals surface area contributed by atoms with E-state index in [2.05, 4.69) is 17.0 Å². The Morgan fingerprint density at radius 3 is 2.68 bits per heavy atom. The van der Waals surface area contributed by atoms with Gasteiger partial charge in [0.2, 0.25) is 5.78 Å². The molecule has 1 saturated carbocycles. The van der Waals surface area contributed by atoms with Gasteiger partial charge in [-0.3, -0.25) is 9.36 Å². The summed E-state index contributed by atoms with van der Waals surface area (Å²) in [7, 11) is 0. The first-order valence-corrected chi connectivity index (χ1v) is 10.2. The number of hydrogen-bond donors (Lipinski definition) is 1. The standard InChI is InChI=1S/C21H24N6O/c1-2-12-26-19-17(23-18(24-19)15-10-6-7-11-15)20(28)27-21(26)22-16(25-27)13-14-8-4-3-5-9-14/h3-5,8-9,15H,2,6-7,10-13H2,1H3,(H,23,24). The fraction of sp³-hybridized carbons (Fsp3) is 0.429. The van der Waals surface area contributed by atoms with E-state index in [1.54, 1.807) is 0 Å². The minimum atomic E-state index is -0.166. The number of hydrogen-bond acceptors (Lipinski definition) is 4. The molecule has 144 valence electrons. The molecule has 1 aromatic carbocycles. The van der Waals surface area contributed by atoms with Crippen LogP contribution in [0.25, 0.3) is 16.9 Å². The first kappa shape index (κ1) is 17.2. The zero-order valence-corrected chi connectivity index (χ0v) is 16.1. The molecule has 1 fully saturated rings. The number of benzene rings is 1. The number of aromatic amines is 1. The minimum absolute atomic E-state index is 0.166. The van der Waals surface area contributed by atoms with Gasteiger partial charge in [-0.25, -0.2) is 4.98 Å². The Balaban J connectivity index is 1.66. The van der Waals surface area contributed by atoms with Gasteiger partial charge in [-0.15, -0.1) is 5.10 Å². The molecule has 3 aromatic heterocycles. The predicted molar refractivity (Wildman–Crippen MR) is 108 cm³/mol. The number of nitrogens with one attached hydrogen (secondary N) is 1. The van der Waals surface area contributed by atoms with Crippen molar-refractivity contribution in [3.8, 4) is 0 Å². The maximum absolute atomic E-state index is 13.1. The first-order valence-electron chi connectivity index (χ1n) is 10.2. The molecule has 3 heterocycles. The van der Waals surface area contributed by atoms with Crippen LogP contribution < -0.4 is 5.56 Å². The Kier molecular flexibility index (Phi) is 4.22. The summed E-state index contributed by atoms with van der Waals surface area (Å²) in [6.45, 7) is 2.87. The third-order valence-electron chi connectivity index (χ3n) is 5.63. The molecular weight excluding hydrogens is 352 g/mol. The van der Waals surface area contributed by atoms with Crippen molar-refractivity contribution in [1.29, 1.82) is 0 Å². The molecule has 0 aliphatic heterocycles. The van der Waals surface area contributed by atoms with Crippen LogP contribution in [0, 0.1) is 0 Å². The van der Waals surface area contributed by atoms with Crippen LogP contribution in [0.15, 0.2) is 35.1 Å². The smallest absolute Gasteiger partial charge is 0.301 e. The maximum Gasteiger partial charge on any atom is 0.301 e. The Bertz CT molecular complexity index is 1180. The Morgan fingerprint density at radius 1 is 1.14 bits per heavy atom. The van der Waals surface area contributed by atoms with E-state index in [0.717, 1.165) is 37.2 Å². The third-order valence-corrected chi connectivity index (χ3v) is 5.63. The van der Waals surface area contributed by atoms with Crippen LogP contribution in [0.1, 0.15) is 62.2 Å². The molecule has 0 atom stereocenters. The normalized spacial score (nSPS) is 15.2. The summed E-state index contributed by atoms with van der Waals surface area (Å²) in [6, 6.07) is 10.1. The summed E-state index contributed by atoms with van der Waals surface area (Å²) in [5, 5.41) is 4.53. The number of fused-ring (bicyclic) bond motifs is 2. The molecule has 28 heavy (non-hydrogen) atoms. The topological polar surface area (TPSA) is 80.9 Å². The summed E-state index contributed by atoms with van der Waals surface area (Å²) >= 11 is 0. The highest BCUT2D eigenvalue weighted by molar-refractivity contribution is 5.72. The van der Waals surface area contributed by atoms with Crippen LogP contribution in [-0.2, 0) is 13.0 Å². The van der Waals surface area contributed by atoms with E-state index in [1.807, 2.05) is 34.9 Å². The molecule has 0 amide bonds. The largest absolute Gasteiger partial charge is 0.336 e. The number of aromatic nitrogens is 6. The van der Waals surface area contributed by atoms with Gasteiger partial charge in [0.05, 0.1) is 0 Å². The highest BCUT2D eigenvalue weighted by Crippen LogP contribution is 2.33. The van der Waals surface area contributed by atoms with Crippen molar-refractivity contribution >= 4 is 16.9 Å². The highest BCUT2D eigenvalue weighted by Gasteiger charge is 2.24. The number of aryl methyl sites for hydroxylation is 1. The van der Waals surface area contributed by atoms with Gasteiger partial charge >= 0.3 is 5.56 Å². The molecule has 5 rings (SSSR count). The van der Waals surface area contributed by atoms with E-state index in [-0.39, 0.29) is 5.56 Å². The van der Waals surface area contributed by atoms with Crippen LogP contribution in [0.4, 0.5) is 0 Å². The van der Waals surface area contributed by atoms with Gasteiger partial charge in [-0.05, 0) is 24.8 Å². The molecule has 1 aliphatic rings. The SMILES string of the molecule is CCCn1c2nc(C3CCCC3)[nH]c2c(=O)n2nc(Cc3ccccc3)nc12. The molecule has 4 aromatic rings. The number of imidazole rings is 1. The second-order valence-electron chi connectivity index (χ2n) is 7.66. The minimum Gasteiger partial charge on any atom is -0.336 e. The van der Waals surface area contributed by atoms with Gasteiger partial charge < -0.3 is 4.98 Å². The molecule has 0 radical (unpaired) electrons. The van der Waals surface area contributed by atoms with Gasteiger partial charge in [-0.2, -0.15) is 9.50 Å². The fourth-order valence-corrected chi connectivity index (χ4v) is 4.26. The maximum atomic E-state index is 13.1. The Hall–Kier alpha value is -2.96. The molecule has 0 unspecified atom stereocenters. The summed E-state index contributed by atoms with van der Waals surface area (Å²) in [4.78, 5) is 26.0. The van der Waals surface area contributed by atoms with E-state index in [4.69, 9.17) is 9.97 Å². The third kappa shape index (κ3) is 2.82. The van der Waals surface area contributed by atoms with Crippen LogP contribution in [0.3, 0.4) is 0 Å². The molecule has 1 aliphatic carbocycles. The van der Waals surface area contributed by atoms with Crippen molar-refractivity contribution in [2.45, 2.75) is 57.9 Å². The van der Waals surface area contributed by atoms with Crippen molar-refractivity contribution in [3.05, 3.63) is 57.9 Å². The zero-order chi connectivity index (χ0) is 19.1. The lowest BCUT2D eigenvalue weighted by Gasteiger charge is -2.06. The molecular formula is C21H24N6O. The molecule has 1 N–H and O–H groups in total. The van der Waals surface area contributed by atoms with Crippen molar-refractivity contribution in [2.75, 3.05) is 0 Å².